The fourth-order valence-corrected chi connectivity index (χ4v) is 3.32. The average molecular weight is 581 g/mol. The van der Waals surface area contributed by atoms with Crippen molar-refractivity contribution in [2.45, 2.75) is 29.9 Å². The minimum atomic E-state index is -7.41. The van der Waals surface area contributed by atoms with E-state index in [4.69, 9.17) is 0 Å². The van der Waals surface area contributed by atoms with Crippen LogP contribution in [0.25, 0.3) is 0 Å². The Morgan fingerprint density at radius 3 is 1.55 bits per heavy atom. The summed E-state index contributed by atoms with van der Waals surface area (Å²) in [6.07, 6.45) is -15.3. The predicted octanol–water partition coefficient (Wildman–Crippen LogP) is 5.71. The van der Waals surface area contributed by atoms with Gasteiger partial charge in [-0.2, -0.15) is 43.9 Å². The summed E-state index contributed by atoms with van der Waals surface area (Å²) in [6, 6.07) is 4.90. The van der Waals surface area contributed by atoms with E-state index in [0.717, 1.165) is 34.7 Å². The van der Waals surface area contributed by atoms with Crippen molar-refractivity contribution >= 4 is 34.4 Å². The van der Waals surface area contributed by atoms with Gasteiger partial charge in [0.2, 0.25) is 0 Å². The number of hydrogen-bond donors (Lipinski definition) is 0. The first-order chi connectivity index (χ1) is 13.8. The summed E-state index contributed by atoms with van der Waals surface area (Å²) < 4.78 is 143. The number of rotatable bonds is 5. The van der Waals surface area contributed by atoms with Gasteiger partial charge < -0.3 is 0 Å². The van der Waals surface area contributed by atoms with E-state index in [1.807, 2.05) is 0 Å². The van der Waals surface area contributed by atoms with Gasteiger partial charge in [0, 0.05) is 3.58 Å². The molecule has 0 bridgehead atoms. The van der Waals surface area contributed by atoms with Crippen LogP contribution in [0.3, 0.4) is 0 Å². The van der Waals surface area contributed by atoms with Gasteiger partial charge in [-0.1, -0.05) is 12.1 Å². The smallest absolute Gasteiger partial charge is 0.269 e. The Labute approximate surface area is 179 Å². The number of alkyl halides is 11. The number of imide groups is 1. The number of carbonyl (C=O) groups excluding carboxylic acids is 2. The summed E-state index contributed by atoms with van der Waals surface area (Å²) in [7, 11) is 0. The van der Waals surface area contributed by atoms with Gasteiger partial charge >= 0.3 is 24.2 Å². The first-order valence-corrected chi connectivity index (χ1v) is 8.78. The molecule has 31 heavy (non-hydrogen) atoms. The maximum Gasteiger partial charge on any atom is 0.460 e. The van der Waals surface area contributed by atoms with Gasteiger partial charge in [0.25, 0.3) is 17.5 Å². The van der Waals surface area contributed by atoms with E-state index >= 15 is 0 Å². The van der Waals surface area contributed by atoms with Crippen molar-refractivity contribution in [3.63, 3.8) is 0 Å². The second-order valence-corrected chi connectivity index (χ2v) is 7.57. The second-order valence-electron chi connectivity index (χ2n) is 6.19. The number of benzene rings is 1. The predicted molar refractivity (Wildman–Crippen MR) is 89.8 cm³/mol. The van der Waals surface area contributed by atoms with E-state index in [1.54, 1.807) is 0 Å². The molecule has 0 radical (unpaired) electrons. The molecule has 2 rings (SSSR count). The SMILES string of the molecule is O=C1c2ccccc2C(=O)N1CC(I)=CC(F)(C(F)(F)F)C(F)(F)C(F)(F)C(F)(F)F. The lowest BCUT2D eigenvalue weighted by Crippen LogP contribution is -2.66. The monoisotopic (exact) mass is 581 g/mol. The number of carbonyl (C=O) groups is 2. The molecule has 1 unspecified atom stereocenters. The highest BCUT2D eigenvalue weighted by Gasteiger charge is 2.85. The van der Waals surface area contributed by atoms with Crippen molar-refractivity contribution in [3.8, 4) is 0 Å². The van der Waals surface area contributed by atoms with Crippen LogP contribution >= 0.6 is 22.6 Å². The van der Waals surface area contributed by atoms with Gasteiger partial charge in [-0.3, -0.25) is 14.5 Å². The normalized spacial score (nSPS) is 18.3. The third-order valence-corrected chi connectivity index (χ3v) is 4.82. The zero-order chi connectivity index (χ0) is 24.2. The molecule has 0 spiro atoms. The number of halogens is 12. The summed E-state index contributed by atoms with van der Waals surface area (Å²) in [5.41, 5.74) is -6.95. The summed E-state index contributed by atoms with van der Waals surface area (Å²) in [6.45, 7) is -1.29. The third kappa shape index (κ3) is 3.88. The minimum absolute atomic E-state index is 0.194. The molecule has 0 aromatic heterocycles. The Bertz CT molecular complexity index is 903. The Hall–Kier alpha value is -1.94. The van der Waals surface area contributed by atoms with E-state index in [-0.39, 0.29) is 16.0 Å². The van der Waals surface area contributed by atoms with E-state index in [9.17, 15) is 57.9 Å². The number of amides is 2. The lowest BCUT2D eigenvalue weighted by atomic mass is 9.90. The number of fused-ring (bicyclic) bond motifs is 1. The van der Waals surface area contributed by atoms with Crippen molar-refractivity contribution in [1.82, 2.24) is 4.90 Å². The molecule has 172 valence electrons. The van der Waals surface area contributed by atoms with Gasteiger partial charge in [-0.25, -0.2) is 4.39 Å². The highest BCUT2D eigenvalue weighted by molar-refractivity contribution is 14.1. The molecular formula is C16H7F11INO2. The Balaban J connectivity index is 2.50. The maximum atomic E-state index is 14.4. The molecule has 1 aliphatic heterocycles. The van der Waals surface area contributed by atoms with Crippen LogP contribution in [-0.4, -0.2) is 53.1 Å². The largest absolute Gasteiger partial charge is 0.460 e. The highest BCUT2D eigenvalue weighted by Crippen LogP contribution is 2.58. The number of hydrogen-bond acceptors (Lipinski definition) is 2. The van der Waals surface area contributed by atoms with Crippen molar-refractivity contribution in [2.75, 3.05) is 6.54 Å². The van der Waals surface area contributed by atoms with Crippen LogP contribution < -0.4 is 0 Å². The number of allylic oxidation sites excluding steroid dienone is 1. The molecule has 0 fully saturated rings. The van der Waals surface area contributed by atoms with Crippen LogP contribution in [0.4, 0.5) is 48.3 Å². The van der Waals surface area contributed by atoms with E-state index < -0.39 is 57.9 Å². The quantitative estimate of drug-likeness (QED) is 0.254. The first-order valence-electron chi connectivity index (χ1n) is 7.70. The summed E-state index contributed by atoms with van der Waals surface area (Å²) in [5, 5.41) is 0. The van der Waals surface area contributed by atoms with E-state index in [1.165, 1.54) is 12.1 Å². The molecule has 1 heterocycles. The van der Waals surface area contributed by atoms with Crippen LogP contribution in [0.5, 0.6) is 0 Å². The summed E-state index contributed by atoms with van der Waals surface area (Å²) in [5.74, 6) is -17.0. The molecular weight excluding hydrogens is 574 g/mol. The molecule has 1 atom stereocenters. The fraction of sp³-hybridized carbons (Fsp3) is 0.375. The molecule has 0 N–H and O–H groups in total. The van der Waals surface area contributed by atoms with E-state index in [2.05, 4.69) is 0 Å². The molecule has 0 aliphatic carbocycles. The highest BCUT2D eigenvalue weighted by atomic mass is 127. The van der Waals surface area contributed by atoms with Gasteiger partial charge in [-0.15, -0.1) is 0 Å². The zero-order valence-corrected chi connectivity index (χ0v) is 16.6. The Morgan fingerprint density at radius 1 is 0.774 bits per heavy atom. The van der Waals surface area contributed by atoms with Crippen molar-refractivity contribution in [2.24, 2.45) is 0 Å². The van der Waals surface area contributed by atoms with Crippen molar-refractivity contribution < 1.29 is 57.9 Å². The van der Waals surface area contributed by atoms with Crippen LogP contribution in [0.1, 0.15) is 20.7 Å². The summed E-state index contributed by atoms with van der Waals surface area (Å²) in [4.78, 5) is 24.5. The number of nitrogens with zero attached hydrogens (tertiary/aromatic N) is 1. The molecule has 3 nitrogen and oxygen atoms in total. The topological polar surface area (TPSA) is 37.4 Å². The summed E-state index contributed by atoms with van der Waals surface area (Å²) >= 11 is 0.720. The van der Waals surface area contributed by atoms with Crippen LogP contribution in [-0.2, 0) is 0 Å². The zero-order valence-electron chi connectivity index (χ0n) is 14.4. The van der Waals surface area contributed by atoms with Crippen LogP contribution in [0.2, 0.25) is 0 Å². The van der Waals surface area contributed by atoms with Gasteiger partial charge in [-0.05, 0) is 40.8 Å². The third-order valence-electron chi connectivity index (χ3n) is 4.16. The van der Waals surface area contributed by atoms with Crippen LogP contribution in [0, 0.1) is 0 Å². The molecule has 1 aliphatic rings. The molecule has 2 amide bonds. The fourth-order valence-electron chi connectivity index (χ4n) is 2.55. The Kier molecular flexibility index (Phi) is 6.19. The molecule has 1 aromatic rings. The standard InChI is InChI=1S/C16H7F11INO2/c17-12(15(22,23)24,13(18,19)14(20,21)16(25,26)27)5-7(28)6-29-10(30)8-3-1-2-4-9(8)11(29)31/h1-5H,6H2. The van der Waals surface area contributed by atoms with Gasteiger partial charge in [0.05, 0.1) is 17.7 Å². The molecule has 0 saturated heterocycles. The molecule has 1 aromatic carbocycles. The first kappa shape index (κ1) is 25.3. The average Bonchev–Trinajstić information content (AvgIpc) is 2.84. The van der Waals surface area contributed by atoms with E-state index in [0.29, 0.717) is 0 Å². The lowest BCUT2D eigenvalue weighted by Gasteiger charge is -2.38. The second kappa shape index (κ2) is 7.58. The van der Waals surface area contributed by atoms with Gasteiger partial charge in [0.1, 0.15) is 0 Å². The molecule has 15 heteroatoms. The maximum absolute atomic E-state index is 14.4. The van der Waals surface area contributed by atoms with Crippen molar-refractivity contribution in [1.29, 1.82) is 0 Å². The van der Waals surface area contributed by atoms with Crippen molar-refractivity contribution in [3.05, 3.63) is 45.0 Å². The minimum Gasteiger partial charge on any atom is -0.269 e. The lowest BCUT2D eigenvalue weighted by molar-refractivity contribution is -0.402. The Morgan fingerprint density at radius 2 is 1.19 bits per heavy atom. The van der Waals surface area contributed by atoms with Gasteiger partial charge in [0.15, 0.2) is 0 Å². The molecule has 0 saturated carbocycles. The van der Waals surface area contributed by atoms with Crippen LogP contribution in [0.15, 0.2) is 33.9 Å².